The van der Waals surface area contributed by atoms with Crippen molar-refractivity contribution in [3.8, 4) is 11.5 Å². The van der Waals surface area contributed by atoms with Gasteiger partial charge in [0.15, 0.2) is 0 Å². The number of benzene rings is 2. The van der Waals surface area contributed by atoms with Gasteiger partial charge < -0.3 is 15.2 Å². The summed E-state index contributed by atoms with van der Waals surface area (Å²) in [4.78, 5) is 0. The maximum Gasteiger partial charge on any atom is 0.119 e. The molecule has 0 aliphatic carbocycles. The zero-order chi connectivity index (χ0) is 13.7. The van der Waals surface area contributed by atoms with Crippen LogP contribution < -0.4 is 15.2 Å². The van der Waals surface area contributed by atoms with E-state index in [1.54, 1.807) is 7.11 Å². The van der Waals surface area contributed by atoms with Crippen LogP contribution in [-0.2, 0) is 0 Å². The Morgan fingerprint density at radius 2 is 1.79 bits per heavy atom. The van der Waals surface area contributed by atoms with Crippen LogP contribution >= 0.6 is 0 Å². The molecule has 2 N–H and O–H groups in total. The van der Waals surface area contributed by atoms with Crippen LogP contribution in [0.25, 0.3) is 0 Å². The van der Waals surface area contributed by atoms with Crippen LogP contribution in [0.1, 0.15) is 17.2 Å². The number of hydrogen-bond donors (Lipinski definition) is 1. The molecule has 2 rings (SSSR count). The van der Waals surface area contributed by atoms with Crippen LogP contribution in [-0.4, -0.2) is 13.7 Å². The zero-order valence-corrected chi connectivity index (χ0v) is 11.3. The Hall–Kier alpha value is -2.00. The van der Waals surface area contributed by atoms with Crippen molar-refractivity contribution in [1.82, 2.24) is 0 Å². The van der Waals surface area contributed by atoms with Crippen LogP contribution in [0.4, 0.5) is 0 Å². The standard InChI is InChI=1S/C16H19NO2/c1-12-10-14(18-2)8-9-15(12)16(17)11-19-13-6-4-3-5-7-13/h3-10,16H,11,17H2,1-2H3. The molecule has 0 spiro atoms. The fourth-order valence-corrected chi connectivity index (χ4v) is 1.98. The number of para-hydroxylation sites is 1. The average Bonchev–Trinajstić information content (AvgIpc) is 2.45. The predicted molar refractivity (Wildman–Crippen MR) is 76.6 cm³/mol. The molecule has 0 radical (unpaired) electrons. The van der Waals surface area contributed by atoms with Gasteiger partial charge >= 0.3 is 0 Å². The fraction of sp³-hybridized carbons (Fsp3) is 0.250. The minimum atomic E-state index is -0.147. The number of methoxy groups -OCH3 is 1. The molecule has 0 fully saturated rings. The van der Waals surface area contributed by atoms with Crippen molar-refractivity contribution in [2.45, 2.75) is 13.0 Å². The first-order valence-electron chi connectivity index (χ1n) is 6.28. The second kappa shape index (κ2) is 6.25. The second-order valence-corrected chi connectivity index (χ2v) is 4.45. The molecule has 0 saturated heterocycles. The highest BCUT2D eigenvalue weighted by Gasteiger charge is 2.10. The van der Waals surface area contributed by atoms with Crippen molar-refractivity contribution in [2.24, 2.45) is 5.73 Å². The Balaban J connectivity index is 2.02. The molecule has 3 heteroatoms. The minimum Gasteiger partial charge on any atom is -0.497 e. The largest absolute Gasteiger partial charge is 0.497 e. The number of nitrogens with two attached hydrogens (primary N) is 1. The molecule has 3 nitrogen and oxygen atoms in total. The van der Waals surface area contributed by atoms with Gasteiger partial charge in [-0.15, -0.1) is 0 Å². The Labute approximate surface area is 114 Å². The smallest absolute Gasteiger partial charge is 0.119 e. The third kappa shape index (κ3) is 3.48. The number of rotatable bonds is 5. The summed E-state index contributed by atoms with van der Waals surface area (Å²) in [5.74, 6) is 1.68. The molecule has 2 aromatic carbocycles. The number of ether oxygens (including phenoxy) is 2. The quantitative estimate of drug-likeness (QED) is 0.895. The van der Waals surface area contributed by atoms with Crippen LogP contribution in [0.3, 0.4) is 0 Å². The first kappa shape index (κ1) is 13.4. The summed E-state index contributed by atoms with van der Waals surface area (Å²) >= 11 is 0. The lowest BCUT2D eigenvalue weighted by Crippen LogP contribution is -2.20. The highest BCUT2D eigenvalue weighted by Crippen LogP contribution is 2.22. The van der Waals surface area contributed by atoms with E-state index in [9.17, 15) is 0 Å². The number of aryl methyl sites for hydroxylation is 1. The SMILES string of the molecule is COc1ccc(C(N)COc2ccccc2)c(C)c1. The van der Waals surface area contributed by atoms with Gasteiger partial charge in [-0.1, -0.05) is 24.3 Å². The van der Waals surface area contributed by atoms with E-state index >= 15 is 0 Å². The molecule has 0 aromatic heterocycles. The van der Waals surface area contributed by atoms with Crippen molar-refractivity contribution < 1.29 is 9.47 Å². The van der Waals surface area contributed by atoms with E-state index in [1.807, 2.05) is 55.5 Å². The molecule has 0 amide bonds. The van der Waals surface area contributed by atoms with E-state index in [4.69, 9.17) is 15.2 Å². The number of hydrogen-bond acceptors (Lipinski definition) is 3. The van der Waals surface area contributed by atoms with Gasteiger partial charge in [-0.2, -0.15) is 0 Å². The third-order valence-electron chi connectivity index (χ3n) is 3.05. The predicted octanol–water partition coefficient (Wildman–Crippen LogP) is 3.08. The average molecular weight is 257 g/mol. The molecule has 0 aliphatic rings. The van der Waals surface area contributed by atoms with E-state index in [0.29, 0.717) is 6.61 Å². The highest BCUT2D eigenvalue weighted by atomic mass is 16.5. The van der Waals surface area contributed by atoms with Crippen LogP contribution in [0.15, 0.2) is 48.5 Å². The van der Waals surface area contributed by atoms with Gasteiger partial charge in [0.25, 0.3) is 0 Å². The van der Waals surface area contributed by atoms with Gasteiger partial charge in [-0.25, -0.2) is 0 Å². The lowest BCUT2D eigenvalue weighted by molar-refractivity contribution is 0.290. The maximum absolute atomic E-state index is 6.17. The second-order valence-electron chi connectivity index (χ2n) is 4.45. The molecule has 2 aromatic rings. The lowest BCUT2D eigenvalue weighted by atomic mass is 10.0. The molecule has 19 heavy (non-hydrogen) atoms. The first-order chi connectivity index (χ1) is 9.20. The zero-order valence-electron chi connectivity index (χ0n) is 11.3. The van der Waals surface area contributed by atoms with Crippen molar-refractivity contribution in [2.75, 3.05) is 13.7 Å². The van der Waals surface area contributed by atoms with Gasteiger partial charge in [0.2, 0.25) is 0 Å². The van der Waals surface area contributed by atoms with E-state index in [1.165, 1.54) is 0 Å². The summed E-state index contributed by atoms with van der Waals surface area (Å²) in [6, 6.07) is 15.4. The van der Waals surface area contributed by atoms with Crippen molar-refractivity contribution >= 4 is 0 Å². The molecule has 1 unspecified atom stereocenters. The Morgan fingerprint density at radius 1 is 1.05 bits per heavy atom. The third-order valence-corrected chi connectivity index (χ3v) is 3.05. The van der Waals surface area contributed by atoms with Crippen molar-refractivity contribution in [3.05, 3.63) is 59.7 Å². The first-order valence-corrected chi connectivity index (χ1v) is 6.28. The molecule has 0 bridgehead atoms. The molecule has 0 saturated carbocycles. The molecule has 100 valence electrons. The summed E-state index contributed by atoms with van der Waals surface area (Å²) in [7, 11) is 1.66. The van der Waals surface area contributed by atoms with Gasteiger partial charge in [-0.3, -0.25) is 0 Å². The summed E-state index contributed by atoms with van der Waals surface area (Å²) in [6.07, 6.45) is 0. The molecule has 0 heterocycles. The van der Waals surface area contributed by atoms with E-state index < -0.39 is 0 Å². The Morgan fingerprint density at radius 3 is 2.42 bits per heavy atom. The Bertz CT molecular complexity index is 526. The summed E-state index contributed by atoms with van der Waals surface area (Å²) in [5.41, 5.74) is 8.36. The van der Waals surface area contributed by atoms with Gasteiger partial charge in [-0.05, 0) is 42.3 Å². The molecular formula is C16H19NO2. The summed E-state index contributed by atoms with van der Waals surface area (Å²) in [6.45, 7) is 2.48. The van der Waals surface area contributed by atoms with E-state index in [2.05, 4.69) is 0 Å². The maximum atomic E-state index is 6.17. The summed E-state index contributed by atoms with van der Waals surface area (Å²) in [5, 5.41) is 0. The van der Waals surface area contributed by atoms with Crippen molar-refractivity contribution in [3.63, 3.8) is 0 Å². The summed E-state index contributed by atoms with van der Waals surface area (Å²) < 4.78 is 10.9. The minimum absolute atomic E-state index is 0.147. The van der Waals surface area contributed by atoms with E-state index in [0.717, 1.165) is 22.6 Å². The van der Waals surface area contributed by atoms with Crippen LogP contribution in [0.5, 0.6) is 11.5 Å². The molecular weight excluding hydrogens is 238 g/mol. The normalized spacial score (nSPS) is 11.9. The van der Waals surface area contributed by atoms with Gasteiger partial charge in [0.1, 0.15) is 18.1 Å². The lowest BCUT2D eigenvalue weighted by Gasteiger charge is -2.16. The van der Waals surface area contributed by atoms with Gasteiger partial charge in [0.05, 0.1) is 13.2 Å². The fourth-order valence-electron chi connectivity index (χ4n) is 1.98. The molecule has 1 atom stereocenters. The van der Waals surface area contributed by atoms with Gasteiger partial charge in [0, 0.05) is 0 Å². The topological polar surface area (TPSA) is 44.5 Å². The highest BCUT2D eigenvalue weighted by molar-refractivity contribution is 5.36. The van der Waals surface area contributed by atoms with E-state index in [-0.39, 0.29) is 6.04 Å². The van der Waals surface area contributed by atoms with Crippen LogP contribution in [0, 0.1) is 6.92 Å². The molecule has 0 aliphatic heterocycles. The monoisotopic (exact) mass is 257 g/mol. The van der Waals surface area contributed by atoms with Crippen molar-refractivity contribution in [1.29, 1.82) is 0 Å². The van der Waals surface area contributed by atoms with Crippen LogP contribution in [0.2, 0.25) is 0 Å². The Kier molecular flexibility index (Phi) is 4.42.